The lowest BCUT2D eigenvalue weighted by Gasteiger charge is -2.37. The summed E-state index contributed by atoms with van der Waals surface area (Å²) in [5.74, 6) is 0. The smallest absolute Gasteiger partial charge is 0.0509 e. The normalized spacial score (nSPS) is 20.9. The zero-order valence-electron chi connectivity index (χ0n) is 11.7. The summed E-state index contributed by atoms with van der Waals surface area (Å²) in [5, 5.41) is 0. The van der Waals surface area contributed by atoms with Crippen LogP contribution in [0.3, 0.4) is 0 Å². The summed E-state index contributed by atoms with van der Waals surface area (Å²) in [6.07, 6.45) is 6.83. The van der Waals surface area contributed by atoms with E-state index in [-0.39, 0.29) is 5.54 Å². The second-order valence-corrected chi connectivity index (χ2v) is 5.99. The molecule has 0 aliphatic heterocycles. The summed E-state index contributed by atoms with van der Waals surface area (Å²) in [6.45, 7) is 3.07. The number of benzene rings is 1. The predicted molar refractivity (Wildman–Crippen MR) is 77.5 cm³/mol. The molecule has 100 valence electrons. The van der Waals surface area contributed by atoms with Crippen molar-refractivity contribution >= 4 is 0 Å². The fourth-order valence-electron chi connectivity index (χ4n) is 3.08. The molecule has 2 rings (SSSR count). The first kappa shape index (κ1) is 13.6. The van der Waals surface area contributed by atoms with Crippen LogP contribution >= 0.6 is 0 Å². The molecule has 1 unspecified atom stereocenters. The first-order valence-electron chi connectivity index (χ1n) is 7.14. The van der Waals surface area contributed by atoms with Gasteiger partial charge < -0.3 is 10.6 Å². The first-order valence-corrected chi connectivity index (χ1v) is 7.14. The summed E-state index contributed by atoms with van der Waals surface area (Å²) < 4.78 is 0. The molecule has 0 spiro atoms. The summed E-state index contributed by atoms with van der Waals surface area (Å²) in [7, 11) is 2.23. The van der Waals surface area contributed by atoms with Crippen molar-refractivity contribution in [3.8, 4) is 0 Å². The lowest BCUT2D eigenvalue weighted by Crippen LogP contribution is -2.47. The lowest BCUT2D eigenvalue weighted by atomic mass is 9.89. The van der Waals surface area contributed by atoms with Gasteiger partial charge in [0.05, 0.1) is 5.54 Å². The third-order valence-electron chi connectivity index (χ3n) is 4.21. The molecule has 18 heavy (non-hydrogen) atoms. The van der Waals surface area contributed by atoms with Crippen LogP contribution in [0, 0.1) is 0 Å². The van der Waals surface area contributed by atoms with Gasteiger partial charge in [-0.2, -0.15) is 0 Å². The lowest BCUT2D eigenvalue weighted by molar-refractivity contribution is 0.158. The third-order valence-corrected chi connectivity index (χ3v) is 4.21. The van der Waals surface area contributed by atoms with Gasteiger partial charge in [0.15, 0.2) is 0 Å². The molecule has 1 atom stereocenters. The van der Waals surface area contributed by atoms with E-state index in [0.717, 1.165) is 12.6 Å². The molecule has 1 aliphatic carbocycles. The number of nitrogens with zero attached hydrogens (tertiary/aromatic N) is 1. The largest absolute Gasteiger partial charge is 0.321 e. The average Bonchev–Trinajstić information content (AvgIpc) is 2.40. The second-order valence-electron chi connectivity index (χ2n) is 5.99. The van der Waals surface area contributed by atoms with Crippen molar-refractivity contribution in [3.05, 3.63) is 35.9 Å². The van der Waals surface area contributed by atoms with Gasteiger partial charge in [0, 0.05) is 12.6 Å². The van der Waals surface area contributed by atoms with E-state index < -0.39 is 0 Å². The van der Waals surface area contributed by atoms with Crippen molar-refractivity contribution in [3.63, 3.8) is 0 Å². The monoisotopic (exact) mass is 246 g/mol. The van der Waals surface area contributed by atoms with Crippen molar-refractivity contribution in [1.82, 2.24) is 4.90 Å². The number of likely N-dealkylation sites (N-methyl/N-ethyl adjacent to an activating group) is 1. The van der Waals surface area contributed by atoms with Gasteiger partial charge in [0.2, 0.25) is 0 Å². The van der Waals surface area contributed by atoms with E-state index in [1.807, 2.05) is 6.07 Å². The van der Waals surface area contributed by atoms with Crippen LogP contribution in [0.15, 0.2) is 30.3 Å². The van der Waals surface area contributed by atoms with Gasteiger partial charge in [-0.05, 0) is 32.4 Å². The van der Waals surface area contributed by atoms with Gasteiger partial charge >= 0.3 is 0 Å². The molecular weight excluding hydrogens is 220 g/mol. The Balaban J connectivity index is 1.98. The minimum Gasteiger partial charge on any atom is -0.321 e. The maximum atomic E-state index is 6.50. The average molecular weight is 246 g/mol. The van der Waals surface area contributed by atoms with Crippen molar-refractivity contribution in [2.45, 2.75) is 50.6 Å². The van der Waals surface area contributed by atoms with Gasteiger partial charge in [0.25, 0.3) is 0 Å². The maximum Gasteiger partial charge on any atom is 0.0509 e. The molecule has 0 bridgehead atoms. The van der Waals surface area contributed by atoms with Gasteiger partial charge in [-0.3, -0.25) is 0 Å². The maximum absolute atomic E-state index is 6.50. The van der Waals surface area contributed by atoms with Crippen LogP contribution in [-0.2, 0) is 5.54 Å². The molecule has 1 fully saturated rings. The van der Waals surface area contributed by atoms with Crippen LogP contribution in [0.25, 0.3) is 0 Å². The van der Waals surface area contributed by atoms with E-state index in [1.165, 1.54) is 37.7 Å². The Hall–Kier alpha value is -0.860. The quantitative estimate of drug-likeness (QED) is 0.884. The van der Waals surface area contributed by atoms with E-state index in [0.29, 0.717) is 0 Å². The Morgan fingerprint density at radius 1 is 1.17 bits per heavy atom. The van der Waals surface area contributed by atoms with E-state index >= 15 is 0 Å². The van der Waals surface area contributed by atoms with Gasteiger partial charge in [0.1, 0.15) is 0 Å². The number of hydrogen-bond donors (Lipinski definition) is 1. The molecule has 0 radical (unpaired) electrons. The minimum absolute atomic E-state index is 0.256. The molecule has 2 heteroatoms. The van der Waals surface area contributed by atoms with E-state index in [9.17, 15) is 0 Å². The third kappa shape index (κ3) is 3.33. The Labute approximate surface area is 111 Å². The van der Waals surface area contributed by atoms with Gasteiger partial charge in [-0.15, -0.1) is 0 Å². The van der Waals surface area contributed by atoms with Crippen LogP contribution < -0.4 is 5.73 Å². The van der Waals surface area contributed by atoms with Crippen LogP contribution in [-0.4, -0.2) is 24.5 Å². The molecule has 0 heterocycles. The zero-order valence-corrected chi connectivity index (χ0v) is 11.7. The molecule has 0 saturated heterocycles. The summed E-state index contributed by atoms with van der Waals surface area (Å²) in [5.41, 5.74) is 7.48. The van der Waals surface area contributed by atoms with Gasteiger partial charge in [-0.25, -0.2) is 0 Å². The van der Waals surface area contributed by atoms with E-state index in [4.69, 9.17) is 5.73 Å². The molecule has 2 nitrogen and oxygen atoms in total. The molecule has 0 aromatic heterocycles. The molecule has 1 aliphatic rings. The highest BCUT2D eigenvalue weighted by molar-refractivity contribution is 5.23. The molecule has 2 N–H and O–H groups in total. The van der Waals surface area contributed by atoms with Crippen molar-refractivity contribution < 1.29 is 0 Å². The van der Waals surface area contributed by atoms with Crippen LogP contribution in [0.4, 0.5) is 0 Å². The van der Waals surface area contributed by atoms with Crippen LogP contribution in [0.5, 0.6) is 0 Å². The summed E-state index contributed by atoms with van der Waals surface area (Å²) in [4.78, 5) is 2.46. The molecule has 1 aromatic carbocycles. The highest BCUT2D eigenvalue weighted by Gasteiger charge is 2.26. The molecular formula is C16H26N2. The fourth-order valence-corrected chi connectivity index (χ4v) is 3.08. The Morgan fingerprint density at radius 2 is 1.78 bits per heavy atom. The molecule has 1 saturated carbocycles. The first-order chi connectivity index (χ1) is 8.59. The standard InChI is InChI=1S/C16H26N2/c1-16(17,14-9-5-3-6-10-14)13-18(2)15-11-7-4-8-12-15/h3,5-6,9-10,15H,4,7-8,11-13,17H2,1-2H3. The van der Waals surface area contributed by atoms with Crippen molar-refractivity contribution in [1.29, 1.82) is 0 Å². The van der Waals surface area contributed by atoms with E-state index in [1.54, 1.807) is 0 Å². The highest BCUT2D eigenvalue weighted by Crippen LogP contribution is 2.25. The predicted octanol–water partition coefficient (Wildman–Crippen LogP) is 3.13. The van der Waals surface area contributed by atoms with E-state index in [2.05, 4.69) is 43.1 Å². The fraction of sp³-hybridized carbons (Fsp3) is 0.625. The van der Waals surface area contributed by atoms with Crippen LogP contribution in [0.1, 0.15) is 44.6 Å². The van der Waals surface area contributed by atoms with Crippen molar-refractivity contribution in [2.24, 2.45) is 5.73 Å². The Morgan fingerprint density at radius 3 is 2.39 bits per heavy atom. The second kappa shape index (κ2) is 5.85. The van der Waals surface area contributed by atoms with Crippen molar-refractivity contribution in [2.75, 3.05) is 13.6 Å². The minimum atomic E-state index is -0.256. The SMILES string of the molecule is CN(CC(C)(N)c1ccccc1)C1CCCCC1. The highest BCUT2D eigenvalue weighted by atomic mass is 15.1. The summed E-state index contributed by atoms with van der Waals surface area (Å²) >= 11 is 0. The topological polar surface area (TPSA) is 29.3 Å². The van der Waals surface area contributed by atoms with Crippen LogP contribution in [0.2, 0.25) is 0 Å². The molecule has 0 amide bonds. The number of rotatable bonds is 4. The molecule has 1 aromatic rings. The Kier molecular flexibility index (Phi) is 4.41. The summed E-state index contributed by atoms with van der Waals surface area (Å²) in [6, 6.07) is 11.2. The zero-order chi connectivity index (χ0) is 13.0. The number of hydrogen-bond acceptors (Lipinski definition) is 2. The Bertz CT molecular complexity index is 353. The number of nitrogens with two attached hydrogens (primary N) is 1. The van der Waals surface area contributed by atoms with Gasteiger partial charge in [-0.1, -0.05) is 49.6 Å².